The molecular weight excluding hydrogens is 474 g/mol. The Bertz CT molecular complexity index is 920. The SMILES string of the molecule is CC(=O)C1(C2CCCCC2)CCN(C(=O)[C@@H](Cc2ccc(Cl)cc2)NC(=O)[C@@H]2CCCCN2C)CC1. The molecule has 1 saturated carbocycles. The van der Waals surface area contributed by atoms with E-state index in [1.54, 1.807) is 6.92 Å². The number of halogens is 1. The summed E-state index contributed by atoms with van der Waals surface area (Å²) in [6, 6.07) is 6.65. The number of nitrogens with one attached hydrogen (secondary N) is 1. The molecule has 3 aliphatic rings. The fraction of sp³-hybridized carbons (Fsp3) is 0.690. The lowest BCUT2D eigenvalue weighted by molar-refractivity contribution is -0.144. The monoisotopic (exact) mass is 515 g/mol. The smallest absolute Gasteiger partial charge is 0.245 e. The molecule has 1 aromatic carbocycles. The number of Topliss-reactive ketones (excluding diaryl/α,β-unsaturated/α-hetero) is 1. The zero-order valence-corrected chi connectivity index (χ0v) is 22.7. The Kier molecular flexibility index (Phi) is 9.10. The molecule has 2 aliphatic heterocycles. The lowest BCUT2D eigenvalue weighted by atomic mass is 9.62. The predicted molar refractivity (Wildman–Crippen MR) is 143 cm³/mol. The third-order valence-electron chi connectivity index (χ3n) is 9.10. The van der Waals surface area contributed by atoms with Gasteiger partial charge in [-0.3, -0.25) is 19.3 Å². The van der Waals surface area contributed by atoms with Gasteiger partial charge in [0.25, 0.3) is 0 Å². The van der Waals surface area contributed by atoms with Crippen LogP contribution in [0.2, 0.25) is 5.02 Å². The minimum atomic E-state index is -0.631. The van der Waals surface area contributed by atoms with E-state index in [4.69, 9.17) is 11.6 Å². The quantitative estimate of drug-likeness (QED) is 0.574. The van der Waals surface area contributed by atoms with Gasteiger partial charge in [0.2, 0.25) is 11.8 Å². The molecule has 0 radical (unpaired) electrons. The Morgan fingerprint density at radius 2 is 1.61 bits per heavy atom. The van der Waals surface area contributed by atoms with Gasteiger partial charge in [0, 0.05) is 29.9 Å². The van der Waals surface area contributed by atoms with E-state index < -0.39 is 6.04 Å². The molecule has 7 heteroatoms. The first-order valence-corrected chi connectivity index (χ1v) is 14.2. The van der Waals surface area contributed by atoms with Gasteiger partial charge in [-0.05, 0) is 82.7 Å². The molecule has 3 fully saturated rings. The van der Waals surface area contributed by atoms with Crippen LogP contribution in [0.25, 0.3) is 0 Å². The standard InChI is InChI=1S/C29H42ClN3O3/c1-21(34)29(23-8-4-3-5-9-23)15-18-33(19-16-29)28(36)25(20-22-11-13-24(30)14-12-22)31-27(35)26-10-6-7-17-32(26)2/h11-14,23,25-26H,3-10,15-20H2,1-2H3,(H,31,35)/t25-,26+/m1/s1. The first kappa shape index (κ1) is 27.1. The Labute approximate surface area is 221 Å². The number of ketones is 1. The second-order valence-corrected chi connectivity index (χ2v) is 11.7. The average molecular weight is 516 g/mol. The summed E-state index contributed by atoms with van der Waals surface area (Å²) in [5, 5.41) is 3.76. The number of carbonyl (C=O) groups is 3. The van der Waals surface area contributed by atoms with E-state index in [0.717, 1.165) is 57.1 Å². The summed E-state index contributed by atoms with van der Waals surface area (Å²) >= 11 is 6.07. The fourth-order valence-electron chi connectivity index (χ4n) is 6.78. The van der Waals surface area contributed by atoms with Crippen LogP contribution in [-0.2, 0) is 20.8 Å². The minimum Gasteiger partial charge on any atom is -0.343 e. The third-order valence-corrected chi connectivity index (χ3v) is 9.35. The van der Waals surface area contributed by atoms with Gasteiger partial charge < -0.3 is 10.2 Å². The van der Waals surface area contributed by atoms with Gasteiger partial charge in [0.1, 0.15) is 11.8 Å². The van der Waals surface area contributed by atoms with Crippen LogP contribution in [0.5, 0.6) is 0 Å². The van der Waals surface area contributed by atoms with Crippen molar-refractivity contribution in [3.8, 4) is 0 Å². The van der Waals surface area contributed by atoms with E-state index in [0.29, 0.717) is 30.5 Å². The van der Waals surface area contributed by atoms with Crippen LogP contribution in [0, 0.1) is 11.3 Å². The lowest BCUT2D eigenvalue weighted by Gasteiger charge is -2.47. The van der Waals surface area contributed by atoms with Gasteiger partial charge in [-0.2, -0.15) is 0 Å². The first-order chi connectivity index (χ1) is 17.3. The van der Waals surface area contributed by atoms with E-state index in [9.17, 15) is 14.4 Å². The molecule has 1 aliphatic carbocycles. The molecule has 1 aromatic rings. The van der Waals surface area contributed by atoms with Crippen molar-refractivity contribution in [2.75, 3.05) is 26.7 Å². The summed E-state index contributed by atoms with van der Waals surface area (Å²) in [7, 11) is 1.98. The van der Waals surface area contributed by atoms with Crippen LogP contribution in [0.1, 0.15) is 76.7 Å². The number of benzene rings is 1. The number of hydrogen-bond donors (Lipinski definition) is 1. The summed E-state index contributed by atoms with van der Waals surface area (Å²) in [6.45, 7) is 3.79. The minimum absolute atomic E-state index is 0.0439. The highest BCUT2D eigenvalue weighted by atomic mass is 35.5. The molecular formula is C29H42ClN3O3. The predicted octanol–water partition coefficient (Wildman–Crippen LogP) is 4.63. The van der Waals surface area contributed by atoms with Crippen molar-refractivity contribution < 1.29 is 14.4 Å². The highest BCUT2D eigenvalue weighted by Gasteiger charge is 2.46. The van der Waals surface area contributed by atoms with Crippen molar-refractivity contribution in [2.45, 2.75) is 89.6 Å². The second-order valence-electron chi connectivity index (χ2n) is 11.3. The molecule has 198 valence electrons. The Balaban J connectivity index is 1.47. The zero-order valence-electron chi connectivity index (χ0n) is 21.9. The number of carbonyl (C=O) groups excluding carboxylic acids is 3. The molecule has 2 saturated heterocycles. The van der Waals surface area contributed by atoms with Crippen molar-refractivity contribution >= 4 is 29.2 Å². The van der Waals surface area contributed by atoms with Crippen LogP contribution in [0.3, 0.4) is 0 Å². The van der Waals surface area contributed by atoms with Gasteiger partial charge in [-0.1, -0.05) is 49.4 Å². The average Bonchev–Trinajstić information content (AvgIpc) is 2.89. The topological polar surface area (TPSA) is 69.7 Å². The van der Waals surface area contributed by atoms with E-state index in [1.165, 1.54) is 19.3 Å². The number of hydrogen-bond acceptors (Lipinski definition) is 4. The Morgan fingerprint density at radius 1 is 0.972 bits per heavy atom. The zero-order chi connectivity index (χ0) is 25.7. The molecule has 0 bridgehead atoms. The number of nitrogens with zero attached hydrogens (tertiary/aromatic N) is 2. The molecule has 4 rings (SSSR count). The lowest BCUT2D eigenvalue weighted by Crippen LogP contribution is -2.57. The van der Waals surface area contributed by atoms with Crippen molar-refractivity contribution in [3.05, 3.63) is 34.9 Å². The molecule has 1 N–H and O–H groups in total. The molecule has 0 spiro atoms. The van der Waals surface area contributed by atoms with E-state index in [1.807, 2.05) is 36.2 Å². The normalized spacial score (nSPS) is 24.2. The van der Waals surface area contributed by atoms with Gasteiger partial charge >= 0.3 is 0 Å². The van der Waals surface area contributed by atoms with E-state index in [-0.39, 0.29) is 29.1 Å². The molecule has 2 heterocycles. The Hall–Kier alpha value is -1.92. The molecule has 2 atom stereocenters. The van der Waals surface area contributed by atoms with Crippen LogP contribution < -0.4 is 5.32 Å². The summed E-state index contributed by atoms with van der Waals surface area (Å²) in [4.78, 5) is 43.9. The second kappa shape index (κ2) is 12.1. The maximum Gasteiger partial charge on any atom is 0.245 e. The van der Waals surface area contributed by atoms with Crippen LogP contribution in [0.15, 0.2) is 24.3 Å². The van der Waals surface area contributed by atoms with Gasteiger partial charge in [0.15, 0.2) is 0 Å². The first-order valence-electron chi connectivity index (χ1n) is 13.8. The Morgan fingerprint density at radius 3 is 2.22 bits per heavy atom. The maximum atomic E-state index is 13.8. The number of likely N-dealkylation sites (N-methyl/N-ethyl adjacent to an activating group) is 1. The van der Waals surface area contributed by atoms with E-state index >= 15 is 0 Å². The van der Waals surface area contributed by atoms with Crippen molar-refractivity contribution in [1.29, 1.82) is 0 Å². The summed E-state index contributed by atoms with van der Waals surface area (Å²) in [5.74, 6) is 0.611. The van der Waals surface area contributed by atoms with Crippen molar-refractivity contribution in [3.63, 3.8) is 0 Å². The van der Waals surface area contributed by atoms with Crippen LogP contribution in [0.4, 0.5) is 0 Å². The van der Waals surface area contributed by atoms with Gasteiger partial charge in [0.05, 0.1) is 6.04 Å². The summed E-state index contributed by atoms with van der Waals surface area (Å²) in [6.07, 6.45) is 10.7. The fourth-order valence-corrected chi connectivity index (χ4v) is 6.91. The van der Waals surface area contributed by atoms with Gasteiger partial charge in [-0.15, -0.1) is 0 Å². The van der Waals surface area contributed by atoms with E-state index in [2.05, 4.69) is 10.2 Å². The molecule has 36 heavy (non-hydrogen) atoms. The van der Waals surface area contributed by atoms with Crippen LogP contribution >= 0.6 is 11.6 Å². The molecule has 2 amide bonds. The maximum absolute atomic E-state index is 13.8. The number of amides is 2. The number of rotatable bonds is 7. The number of likely N-dealkylation sites (tertiary alicyclic amines) is 2. The van der Waals surface area contributed by atoms with Crippen molar-refractivity contribution in [1.82, 2.24) is 15.1 Å². The highest BCUT2D eigenvalue weighted by Crippen LogP contribution is 2.46. The highest BCUT2D eigenvalue weighted by molar-refractivity contribution is 6.30. The van der Waals surface area contributed by atoms with Crippen molar-refractivity contribution in [2.24, 2.45) is 11.3 Å². The molecule has 0 aromatic heterocycles. The summed E-state index contributed by atoms with van der Waals surface area (Å²) < 4.78 is 0. The summed E-state index contributed by atoms with van der Waals surface area (Å²) in [5.41, 5.74) is 0.670. The molecule has 0 unspecified atom stereocenters. The number of piperidine rings is 2. The van der Waals surface area contributed by atoms with Gasteiger partial charge in [-0.25, -0.2) is 0 Å². The molecule has 6 nitrogen and oxygen atoms in total. The largest absolute Gasteiger partial charge is 0.343 e. The third kappa shape index (κ3) is 6.13. The van der Waals surface area contributed by atoms with Crippen LogP contribution in [-0.4, -0.2) is 66.2 Å².